The first-order valence-corrected chi connectivity index (χ1v) is 10.2. The van der Waals surface area contributed by atoms with E-state index in [1.807, 2.05) is 4.90 Å². The molecule has 1 aliphatic heterocycles. The monoisotopic (exact) mass is 382 g/mol. The quantitative estimate of drug-likeness (QED) is 0.752. The van der Waals surface area contributed by atoms with E-state index in [0.717, 1.165) is 37.9 Å². The summed E-state index contributed by atoms with van der Waals surface area (Å²) in [6.07, 6.45) is 5.18. The van der Waals surface area contributed by atoms with Gasteiger partial charge in [-0.25, -0.2) is 9.78 Å². The fourth-order valence-electron chi connectivity index (χ4n) is 3.68. The number of aromatic nitrogens is 2. The molecule has 0 spiro atoms. The zero-order chi connectivity index (χ0) is 19.9. The van der Waals surface area contributed by atoms with Crippen molar-refractivity contribution in [2.24, 2.45) is 0 Å². The second-order valence-electron chi connectivity index (χ2n) is 7.85. The second kappa shape index (κ2) is 9.53. The molecule has 1 aliphatic rings. The lowest BCUT2D eigenvalue weighted by molar-refractivity contribution is 0.179. The van der Waals surface area contributed by atoms with Gasteiger partial charge < -0.3 is 15.2 Å². The van der Waals surface area contributed by atoms with E-state index in [1.165, 1.54) is 23.5 Å². The van der Waals surface area contributed by atoms with Gasteiger partial charge in [0, 0.05) is 31.6 Å². The third-order valence-corrected chi connectivity index (χ3v) is 5.39. The van der Waals surface area contributed by atoms with Crippen molar-refractivity contribution in [1.82, 2.24) is 20.2 Å². The number of hydrogen-bond donors (Lipinski definition) is 2. The Bertz CT molecular complexity index is 829. The van der Waals surface area contributed by atoms with Crippen LogP contribution in [0.5, 0.6) is 0 Å². The zero-order valence-corrected chi connectivity index (χ0v) is 16.8. The number of aryl methyl sites for hydroxylation is 1. The number of piperidine rings is 1. The Morgan fingerprint density at radius 1 is 1.32 bits per heavy atom. The molecule has 1 fully saturated rings. The minimum absolute atomic E-state index is 0.0234. The van der Waals surface area contributed by atoms with Gasteiger partial charge in [-0.1, -0.05) is 38.1 Å². The third-order valence-electron chi connectivity index (χ3n) is 5.39. The number of benzene rings is 1. The van der Waals surface area contributed by atoms with Crippen LogP contribution in [0.2, 0.25) is 0 Å². The fourth-order valence-corrected chi connectivity index (χ4v) is 3.68. The Hall–Kier alpha value is -2.63. The maximum atomic E-state index is 12.5. The standard InChI is InChI=1S/C22H30N4O2/c1-16(2)18-9-7-17(8-10-18)5-3-11-23-22(28)26-12-4-6-19(14-26)20-13-21(27)25-15-24-20/h7-10,13,15-16,19H,3-6,11-12,14H2,1-2H3,(H,23,28)(H,24,25,27)/t19-/m1/s1. The van der Waals surface area contributed by atoms with Crippen LogP contribution < -0.4 is 10.9 Å². The minimum atomic E-state index is -0.145. The first-order valence-electron chi connectivity index (χ1n) is 10.2. The first-order chi connectivity index (χ1) is 13.5. The summed E-state index contributed by atoms with van der Waals surface area (Å²) in [5.41, 5.74) is 3.28. The van der Waals surface area contributed by atoms with Crippen LogP contribution in [0.25, 0.3) is 0 Å². The molecule has 2 heterocycles. The average Bonchev–Trinajstić information content (AvgIpc) is 2.71. The van der Waals surface area contributed by atoms with Gasteiger partial charge in [0.2, 0.25) is 0 Å². The van der Waals surface area contributed by atoms with Gasteiger partial charge in [-0.3, -0.25) is 4.79 Å². The zero-order valence-electron chi connectivity index (χ0n) is 16.8. The normalized spacial score (nSPS) is 17.0. The molecule has 150 valence electrons. The fraction of sp³-hybridized carbons (Fsp3) is 0.500. The van der Waals surface area contributed by atoms with Crippen molar-refractivity contribution < 1.29 is 4.79 Å². The summed E-state index contributed by atoms with van der Waals surface area (Å²) in [7, 11) is 0. The number of aromatic amines is 1. The highest BCUT2D eigenvalue weighted by Gasteiger charge is 2.25. The average molecular weight is 383 g/mol. The number of urea groups is 1. The topological polar surface area (TPSA) is 78.1 Å². The van der Waals surface area contributed by atoms with Crippen molar-refractivity contribution in [2.75, 3.05) is 19.6 Å². The minimum Gasteiger partial charge on any atom is -0.338 e. The van der Waals surface area contributed by atoms with E-state index in [4.69, 9.17) is 0 Å². The summed E-state index contributed by atoms with van der Waals surface area (Å²) >= 11 is 0. The smallest absolute Gasteiger partial charge is 0.317 e. The largest absolute Gasteiger partial charge is 0.338 e. The van der Waals surface area contributed by atoms with Gasteiger partial charge in [0.15, 0.2) is 0 Å². The van der Waals surface area contributed by atoms with Crippen LogP contribution in [0.1, 0.15) is 61.8 Å². The molecular formula is C22H30N4O2. The number of carbonyl (C=O) groups is 1. The number of hydrogen-bond acceptors (Lipinski definition) is 3. The molecule has 28 heavy (non-hydrogen) atoms. The van der Waals surface area contributed by atoms with Crippen molar-refractivity contribution in [1.29, 1.82) is 0 Å². The lowest BCUT2D eigenvalue weighted by atomic mass is 9.95. The van der Waals surface area contributed by atoms with Crippen LogP contribution in [0.4, 0.5) is 4.79 Å². The van der Waals surface area contributed by atoms with Gasteiger partial charge in [-0.15, -0.1) is 0 Å². The van der Waals surface area contributed by atoms with Crippen LogP contribution in [0.3, 0.4) is 0 Å². The summed E-state index contributed by atoms with van der Waals surface area (Å²) in [5, 5.41) is 3.03. The van der Waals surface area contributed by atoms with E-state index in [-0.39, 0.29) is 17.5 Å². The van der Waals surface area contributed by atoms with Crippen LogP contribution in [0, 0.1) is 0 Å². The van der Waals surface area contributed by atoms with E-state index in [2.05, 4.69) is 53.4 Å². The summed E-state index contributed by atoms with van der Waals surface area (Å²) in [5.74, 6) is 0.674. The molecule has 1 atom stereocenters. The molecule has 1 saturated heterocycles. The van der Waals surface area contributed by atoms with Crippen molar-refractivity contribution in [3.63, 3.8) is 0 Å². The molecule has 6 heteroatoms. The van der Waals surface area contributed by atoms with Gasteiger partial charge in [0.1, 0.15) is 0 Å². The van der Waals surface area contributed by atoms with Crippen molar-refractivity contribution >= 4 is 6.03 Å². The van der Waals surface area contributed by atoms with Gasteiger partial charge in [-0.2, -0.15) is 0 Å². The first kappa shape index (κ1) is 20.1. The Morgan fingerprint density at radius 3 is 2.82 bits per heavy atom. The molecule has 6 nitrogen and oxygen atoms in total. The van der Waals surface area contributed by atoms with Crippen LogP contribution in [-0.4, -0.2) is 40.5 Å². The number of nitrogens with one attached hydrogen (secondary N) is 2. The number of likely N-dealkylation sites (tertiary alicyclic amines) is 1. The highest BCUT2D eigenvalue weighted by Crippen LogP contribution is 2.24. The summed E-state index contributed by atoms with van der Waals surface area (Å²) in [6, 6.07) is 10.3. The molecule has 3 rings (SSSR count). The molecule has 0 radical (unpaired) electrons. The van der Waals surface area contributed by atoms with Crippen LogP contribution in [0.15, 0.2) is 41.5 Å². The molecule has 1 aromatic heterocycles. The summed E-state index contributed by atoms with van der Waals surface area (Å²) in [4.78, 5) is 32.7. The molecule has 0 saturated carbocycles. The number of amides is 2. The van der Waals surface area contributed by atoms with Crippen molar-refractivity contribution in [3.05, 3.63) is 63.8 Å². The Kier molecular flexibility index (Phi) is 6.85. The van der Waals surface area contributed by atoms with Gasteiger partial charge >= 0.3 is 6.03 Å². The van der Waals surface area contributed by atoms with E-state index >= 15 is 0 Å². The number of rotatable bonds is 6. The highest BCUT2D eigenvalue weighted by atomic mass is 16.2. The second-order valence-corrected chi connectivity index (χ2v) is 7.85. The molecule has 2 aromatic rings. The molecule has 2 N–H and O–H groups in total. The number of carbonyl (C=O) groups excluding carboxylic acids is 1. The van der Waals surface area contributed by atoms with Crippen LogP contribution in [-0.2, 0) is 6.42 Å². The maximum Gasteiger partial charge on any atom is 0.317 e. The predicted octanol–water partition coefficient (Wildman–Crippen LogP) is 3.42. The van der Waals surface area contributed by atoms with E-state index in [1.54, 1.807) is 0 Å². The molecular weight excluding hydrogens is 352 g/mol. The molecule has 0 aliphatic carbocycles. The lowest BCUT2D eigenvalue weighted by Gasteiger charge is -2.32. The van der Waals surface area contributed by atoms with Crippen LogP contribution >= 0.6 is 0 Å². The Morgan fingerprint density at radius 2 is 2.11 bits per heavy atom. The Balaban J connectivity index is 1.43. The van der Waals surface area contributed by atoms with E-state index in [0.29, 0.717) is 19.0 Å². The summed E-state index contributed by atoms with van der Waals surface area (Å²) in [6.45, 7) is 6.42. The highest BCUT2D eigenvalue weighted by molar-refractivity contribution is 5.74. The molecule has 0 unspecified atom stereocenters. The van der Waals surface area contributed by atoms with E-state index in [9.17, 15) is 9.59 Å². The van der Waals surface area contributed by atoms with Crippen molar-refractivity contribution in [3.8, 4) is 0 Å². The molecule has 1 aromatic carbocycles. The lowest BCUT2D eigenvalue weighted by Crippen LogP contribution is -2.45. The SMILES string of the molecule is CC(C)c1ccc(CCCNC(=O)N2CCC[C@@H](c3cc(=O)[nH]cn3)C2)cc1. The third kappa shape index (κ3) is 5.44. The predicted molar refractivity (Wildman–Crippen MR) is 111 cm³/mol. The maximum absolute atomic E-state index is 12.5. The molecule has 0 bridgehead atoms. The number of H-pyrrole nitrogens is 1. The Labute approximate surface area is 166 Å². The van der Waals surface area contributed by atoms with Gasteiger partial charge in [-0.05, 0) is 42.7 Å². The van der Waals surface area contributed by atoms with Gasteiger partial charge in [0.25, 0.3) is 5.56 Å². The van der Waals surface area contributed by atoms with Gasteiger partial charge in [0.05, 0.1) is 12.0 Å². The van der Waals surface area contributed by atoms with E-state index < -0.39 is 0 Å². The molecule has 2 amide bonds. The van der Waals surface area contributed by atoms with Crippen molar-refractivity contribution in [2.45, 2.75) is 51.4 Å². The number of nitrogens with zero attached hydrogens (tertiary/aromatic N) is 2. The summed E-state index contributed by atoms with van der Waals surface area (Å²) < 4.78 is 0.